The molecule has 8 heteroatoms. The molecule has 168 valence electrons. The monoisotopic (exact) mass is 446 g/mol. The van der Waals surface area contributed by atoms with Crippen molar-refractivity contribution >= 4 is 0 Å². The Labute approximate surface area is 175 Å². The Morgan fingerprint density at radius 3 is 2.10 bits per heavy atom. The van der Waals surface area contributed by atoms with E-state index in [1.807, 2.05) is 6.08 Å². The Kier molecular flexibility index (Phi) is 6.96. The fourth-order valence-corrected chi connectivity index (χ4v) is 4.01. The van der Waals surface area contributed by atoms with Crippen molar-refractivity contribution in [1.82, 2.24) is 0 Å². The fourth-order valence-electron chi connectivity index (χ4n) is 4.01. The lowest BCUT2D eigenvalue weighted by atomic mass is 9.77. The molecule has 0 N–H and O–H groups in total. The standard InChI is InChI=1S/C23H21F7O/c1-2-3-4-13-5-7-14(8-6-13)16-9-10-17(21(27)20(16)26)23(29,30)31-15-11-18(24)22(28)19(25)12-15/h2,9-14H,1,3-8H2. The third kappa shape index (κ3) is 5.05. The molecule has 0 bridgehead atoms. The summed E-state index contributed by atoms with van der Waals surface area (Å²) in [5, 5.41) is 0. The molecule has 31 heavy (non-hydrogen) atoms. The van der Waals surface area contributed by atoms with Crippen LogP contribution in [0.3, 0.4) is 0 Å². The number of ether oxygens (including phenoxy) is 1. The van der Waals surface area contributed by atoms with Crippen LogP contribution in [0.25, 0.3) is 0 Å². The number of rotatable bonds is 7. The second kappa shape index (κ2) is 9.32. The molecule has 1 aliphatic carbocycles. The van der Waals surface area contributed by atoms with Gasteiger partial charge in [-0.25, -0.2) is 22.0 Å². The van der Waals surface area contributed by atoms with Crippen LogP contribution in [0.5, 0.6) is 5.75 Å². The number of hydrogen-bond acceptors (Lipinski definition) is 1. The van der Waals surface area contributed by atoms with E-state index in [0.717, 1.165) is 31.7 Å². The maximum atomic E-state index is 14.7. The van der Waals surface area contributed by atoms with Gasteiger partial charge in [0.05, 0.1) is 0 Å². The summed E-state index contributed by atoms with van der Waals surface area (Å²) in [6.07, 6.45) is 2.10. The zero-order valence-corrected chi connectivity index (χ0v) is 16.5. The lowest BCUT2D eigenvalue weighted by molar-refractivity contribution is -0.188. The van der Waals surface area contributed by atoms with Gasteiger partial charge in [0, 0.05) is 12.1 Å². The molecule has 1 saturated carbocycles. The van der Waals surface area contributed by atoms with Crippen LogP contribution in [0.15, 0.2) is 36.9 Å². The molecule has 0 aromatic heterocycles. The molecule has 0 amide bonds. The number of allylic oxidation sites excluding steroid dienone is 1. The highest BCUT2D eigenvalue weighted by Gasteiger charge is 2.40. The summed E-state index contributed by atoms with van der Waals surface area (Å²) < 4.78 is 102. The van der Waals surface area contributed by atoms with Crippen molar-refractivity contribution in [2.24, 2.45) is 5.92 Å². The van der Waals surface area contributed by atoms with Gasteiger partial charge in [0.2, 0.25) is 0 Å². The van der Waals surface area contributed by atoms with Crippen molar-refractivity contribution in [2.75, 3.05) is 0 Å². The molecule has 0 atom stereocenters. The molecule has 0 saturated heterocycles. The highest BCUT2D eigenvalue weighted by atomic mass is 19.3. The van der Waals surface area contributed by atoms with Crippen LogP contribution < -0.4 is 4.74 Å². The zero-order valence-electron chi connectivity index (χ0n) is 16.5. The van der Waals surface area contributed by atoms with Gasteiger partial charge in [0.15, 0.2) is 29.1 Å². The van der Waals surface area contributed by atoms with Gasteiger partial charge in [-0.15, -0.1) is 6.58 Å². The van der Waals surface area contributed by atoms with Crippen molar-refractivity contribution in [3.63, 3.8) is 0 Å². The van der Waals surface area contributed by atoms with Crippen molar-refractivity contribution in [2.45, 2.75) is 50.6 Å². The normalized spacial score (nSPS) is 19.3. The summed E-state index contributed by atoms with van der Waals surface area (Å²) in [7, 11) is 0. The first-order valence-corrected chi connectivity index (χ1v) is 9.94. The molecule has 0 radical (unpaired) electrons. The van der Waals surface area contributed by atoms with Crippen molar-refractivity contribution < 1.29 is 35.5 Å². The lowest BCUT2D eigenvalue weighted by Crippen LogP contribution is -2.25. The van der Waals surface area contributed by atoms with E-state index in [1.165, 1.54) is 0 Å². The van der Waals surface area contributed by atoms with E-state index in [-0.39, 0.29) is 23.6 Å². The number of halogens is 7. The molecular weight excluding hydrogens is 425 g/mol. The van der Waals surface area contributed by atoms with E-state index in [0.29, 0.717) is 24.8 Å². The van der Waals surface area contributed by atoms with Crippen LogP contribution in [-0.4, -0.2) is 0 Å². The summed E-state index contributed by atoms with van der Waals surface area (Å²) in [4.78, 5) is 0. The van der Waals surface area contributed by atoms with Crippen LogP contribution >= 0.6 is 0 Å². The first-order chi connectivity index (χ1) is 14.6. The van der Waals surface area contributed by atoms with E-state index in [2.05, 4.69) is 11.3 Å². The first kappa shape index (κ1) is 23.2. The zero-order chi connectivity index (χ0) is 22.8. The second-order valence-electron chi connectivity index (χ2n) is 7.73. The molecule has 0 heterocycles. The van der Waals surface area contributed by atoms with Gasteiger partial charge in [-0.3, -0.25) is 0 Å². The first-order valence-electron chi connectivity index (χ1n) is 9.94. The molecule has 3 rings (SSSR count). The highest BCUT2D eigenvalue weighted by molar-refractivity contribution is 5.33. The number of hydrogen-bond donors (Lipinski definition) is 0. The van der Waals surface area contributed by atoms with Gasteiger partial charge in [-0.2, -0.15) is 8.78 Å². The molecule has 2 aromatic rings. The largest absolute Gasteiger partial charge is 0.429 e. The molecule has 1 fully saturated rings. The Hall–Kier alpha value is -2.51. The summed E-state index contributed by atoms with van der Waals surface area (Å²) in [6, 6.07) is 2.18. The van der Waals surface area contributed by atoms with Crippen LogP contribution in [0.4, 0.5) is 30.7 Å². The van der Waals surface area contributed by atoms with Crippen molar-refractivity contribution in [1.29, 1.82) is 0 Å². The van der Waals surface area contributed by atoms with Crippen LogP contribution in [0, 0.1) is 35.0 Å². The topological polar surface area (TPSA) is 9.23 Å². The van der Waals surface area contributed by atoms with Gasteiger partial charge >= 0.3 is 6.11 Å². The highest BCUT2D eigenvalue weighted by Crippen LogP contribution is 2.41. The molecule has 0 unspecified atom stereocenters. The third-order valence-electron chi connectivity index (χ3n) is 5.69. The molecule has 1 aliphatic rings. The van der Waals surface area contributed by atoms with E-state index >= 15 is 0 Å². The summed E-state index contributed by atoms with van der Waals surface area (Å²) >= 11 is 0. The van der Waals surface area contributed by atoms with Gasteiger partial charge in [0.1, 0.15) is 11.3 Å². The predicted molar refractivity (Wildman–Crippen MR) is 101 cm³/mol. The molecule has 1 nitrogen and oxygen atoms in total. The van der Waals surface area contributed by atoms with Gasteiger partial charge in [-0.1, -0.05) is 12.1 Å². The maximum Gasteiger partial charge on any atom is 0.429 e. The van der Waals surface area contributed by atoms with E-state index in [9.17, 15) is 30.7 Å². The summed E-state index contributed by atoms with van der Waals surface area (Å²) in [5.74, 6) is -9.45. The Bertz CT molecular complexity index is 926. The number of alkyl halides is 2. The smallest absolute Gasteiger partial charge is 0.429 e. The minimum absolute atomic E-state index is 0.0121. The maximum absolute atomic E-state index is 14.7. The third-order valence-corrected chi connectivity index (χ3v) is 5.69. The predicted octanol–water partition coefficient (Wildman–Crippen LogP) is 7.75. The Morgan fingerprint density at radius 2 is 1.52 bits per heavy atom. The van der Waals surface area contributed by atoms with Gasteiger partial charge in [0.25, 0.3) is 0 Å². The minimum Gasteiger partial charge on any atom is -0.429 e. The molecular formula is C23H21F7O. The fraction of sp³-hybridized carbons (Fsp3) is 0.391. The average molecular weight is 446 g/mol. The SMILES string of the molecule is C=CCCC1CCC(c2ccc(C(F)(F)Oc3cc(F)c(F)c(F)c3)c(F)c2F)CC1. The average Bonchev–Trinajstić information content (AvgIpc) is 2.72. The number of benzene rings is 2. The van der Waals surface area contributed by atoms with E-state index in [1.54, 1.807) is 0 Å². The Balaban J connectivity index is 1.79. The van der Waals surface area contributed by atoms with E-state index < -0.39 is 46.5 Å². The van der Waals surface area contributed by atoms with Crippen molar-refractivity contribution in [3.05, 3.63) is 77.1 Å². The van der Waals surface area contributed by atoms with Crippen LogP contribution in [-0.2, 0) is 6.11 Å². The quantitative estimate of drug-likeness (QED) is 0.240. The summed E-state index contributed by atoms with van der Waals surface area (Å²) in [6.45, 7) is 3.68. The van der Waals surface area contributed by atoms with Gasteiger partial charge in [-0.05, 0) is 62.0 Å². The molecule has 0 spiro atoms. The minimum atomic E-state index is -4.44. The van der Waals surface area contributed by atoms with Crippen molar-refractivity contribution in [3.8, 4) is 5.75 Å². The van der Waals surface area contributed by atoms with Gasteiger partial charge < -0.3 is 4.74 Å². The van der Waals surface area contributed by atoms with Crippen LogP contribution in [0.1, 0.15) is 55.6 Å². The summed E-state index contributed by atoms with van der Waals surface area (Å²) in [5.41, 5.74) is -1.41. The Morgan fingerprint density at radius 1 is 0.903 bits per heavy atom. The van der Waals surface area contributed by atoms with Crippen LogP contribution in [0.2, 0.25) is 0 Å². The molecule has 0 aliphatic heterocycles. The van der Waals surface area contributed by atoms with E-state index in [4.69, 9.17) is 0 Å². The molecule has 2 aromatic carbocycles. The lowest BCUT2D eigenvalue weighted by Gasteiger charge is -2.29. The second-order valence-corrected chi connectivity index (χ2v) is 7.73.